The van der Waals surface area contributed by atoms with Crippen molar-refractivity contribution < 1.29 is 21.5 Å². The molecule has 0 aliphatic carbocycles. The molecule has 1 aliphatic rings. The Labute approximate surface area is 149 Å². The Bertz CT molecular complexity index is 215. The maximum Gasteiger partial charge on any atom is 0.0876 e. The van der Waals surface area contributed by atoms with Gasteiger partial charge >= 0.3 is 0 Å². The highest BCUT2D eigenvalue weighted by molar-refractivity contribution is 7.80. The van der Waals surface area contributed by atoms with Crippen molar-refractivity contribution in [1.29, 1.82) is 0 Å². The zero-order chi connectivity index (χ0) is 14.5. The molecule has 0 unspecified atom stereocenters. The zero-order valence-corrected chi connectivity index (χ0v) is 16.4. The monoisotopic (exact) mass is 380 g/mol. The number of thiol groups is 1. The quantitative estimate of drug-likeness (QED) is 0.295. The van der Waals surface area contributed by atoms with Gasteiger partial charge in [-0.2, -0.15) is 12.6 Å². The maximum absolute atomic E-state index is 5.51. The lowest BCUT2D eigenvalue weighted by molar-refractivity contribution is -0.930. The van der Waals surface area contributed by atoms with Crippen molar-refractivity contribution in [2.45, 2.75) is 70.6 Å². The molecule has 0 aromatic carbocycles. The summed E-state index contributed by atoms with van der Waals surface area (Å²) < 4.78 is 1.38. The number of piperidine rings is 1. The molecule has 0 bridgehead atoms. The van der Waals surface area contributed by atoms with Crippen LogP contribution in [0.25, 0.3) is 0 Å². The maximum atomic E-state index is 5.51. The Hall–Kier alpha value is 0.750. The van der Waals surface area contributed by atoms with Crippen molar-refractivity contribution in [3.8, 4) is 0 Å². The number of quaternary nitrogens is 1. The van der Waals surface area contributed by atoms with Crippen LogP contribution in [0.3, 0.4) is 0 Å². The summed E-state index contributed by atoms with van der Waals surface area (Å²) in [6, 6.07) is 0. The van der Waals surface area contributed by atoms with Gasteiger partial charge < -0.3 is 27.2 Å². The molecule has 1 heterocycles. The summed E-state index contributed by atoms with van der Waals surface area (Å²) in [5.41, 5.74) is 5.51. The minimum absolute atomic E-state index is 0. The molecule has 2 N–H and O–H groups in total. The van der Waals surface area contributed by atoms with E-state index in [1.54, 1.807) is 0 Å². The third kappa shape index (κ3) is 10.2. The van der Waals surface area contributed by atoms with E-state index in [4.69, 9.17) is 5.73 Å². The largest absolute Gasteiger partial charge is 1.00 e. The molecule has 0 saturated carbocycles. The molecule has 0 aromatic rings. The lowest BCUT2D eigenvalue weighted by Gasteiger charge is -2.41. The number of unbranched alkanes of at least 4 members (excludes halogenated alkanes) is 7. The predicted molar refractivity (Wildman–Crippen MR) is 93.4 cm³/mol. The number of likely N-dealkylation sites (tertiary alicyclic amines) is 1. The van der Waals surface area contributed by atoms with Crippen molar-refractivity contribution in [2.75, 3.05) is 38.5 Å². The molecule has 0 atom stereocenters. The van der Waals surface area contributed by atoms with Gasteiger partial charge in [-0.1, -0.05) is 32.1 Å². The Balaban J connectivity index is 0.00000400. The zero-order valence-electron chi connectivity index (χ0n) is 13.9. The highest BCUT2D eigenvalue weighted by atomic mass is 79.9. The van der Waals surface area contributed by atoms with Crippen LogP contribution in [0.5, 0.6) is 0 Å². The van der Waals surface area contributed by atoms with Gasteiger partial charge in [0.25, 0.3) is 0 Å². The molecule has 0 aromatic heterocycles. The van der Waals surface area contributed by atoms with E-state index in [1.807, 2.05) is 0 Å². The summed E-state index contributed by atoms with van der Waals surface area (Å²) in [5, 5.41) is 0. The highest BCUT2D eigenvalue weighted by Gasteiger charge is 2.28. The molecule has 1 fully saturated rings. The third-order valence-electron chi connectivity index (χ3n) is 4.93. The Morgan fingerprint density at radius 2 is 1.24 bits per heavy atom. The van der Waals surface area contributed by atoms with Gasteiger partial charge in [-0.05, 0) is 45.1 Å². The van der Waals surface area contributed by atoms with E-state index in [2.05, 4.69) is 12.6 Å². The van der Waals surface area contributed by atoms with Gasteiger partial charge in [0.05, 0.1) is 26.2 Å². The van der Waals surface area contributed by atoms with Crippen LogP contribution in [-0.2, 0) is 0 Å². The van der Waals surface area contributed by atoms with Crippen LogP contribution in [-0.4, -0.2) is 43.0 Å². The molecule has 128 valence electrons. The predicted octanol–water partition coefficient (Wildman–Crippen LogP) is 1.00. The molecule has 2 nitrogen and oxygen atoms in total. The number of hydrogen-bond acceptors (Lipinski definition) is 2. The molecule has 1 aliphatic heterocycles. The number of nitrogens with zero attached hydrogens (tertiary/aromatic N) is 1. The van der Waals surface area contributed by atoms with Crippen LogP contribution < -0.4 is 22.7 Å². The van der Waals surface area contributed by atoms with Crippen molar-refractivity contribution in [3.63, 3.8) is 0 Å². The first-order valence-corrected chi connectivity index (χ1v) is 9.62. The lowest BCUT2D eigenvalue weighted by atomic mass is 10.0. The van der Waals surface area contributed by atoms with E-state index in [1.165, 1.54) is 101 Å². The van der Waals surface area contributed by atoms with E-state index in [0.717, 1.165) is 12.3 Å². The van der Waals surface area contributed by atoms with Crippen LogP contribution in [0.4, 0.5) is 0 Å². The fourth-order valence-corrected chi connectivity index (χ4v) is 4.03. The van der Waals surface area contributed by atoms with Gasteiger partial charge in [-0.15, -0.1) is 0 Å². The molecule has 0 spiro atoms. The normalized spacial score (nSPS) is 17.4. The minimum atomic E-state index is 0. The number of nitrogens with two attached hydrogens (primary N) is 1. The second-order valence-electron chi connectivity index (χ2n) is 6.64. The van der Waals surface area contributed by atoms with E-state index < -0.39 is 0 Å². The van der Waals surface area contributed by atoms with E-state index in [-0.39, 0.29) is 17.0 Å². The van der Waals surface area contributed by atoms with Crippen molar-refractivity contribution in [1.82, 2.24) is 0 Å². The third-order valence-corrected chi connectivity index (χ3v) is 5.13. The first-order valence-electron chi connectivity index (χ1n) is 8.99. The first kappa shape index (κ1) is 21.8. The van der Waals surface area contributed by atoms with Gasteiger partial charge in [0.15, 0.2) is 0 Å². The Morgan fingerprint density at radius 1 is 0.714 bits per heavy atom. The molecule has 1 saturated heterocycles. The SMILES string of the molecule is NCCCCCCCCCC[N+]1(CCS)CCCCC1.[Br-]. The molecular weight excluding hydrogens is 344 g/mol. The summed E-state index contributed by atoms with van der Waals surface area (Å²) in [6.45, 7) is 6.40. The second kappa shape index (κ2) is 14.3. The highest BCUT2D eigenvalue weighted by Crippen LogP contribution is 2.21. The number of hydrogen-bond donors (Lipinski definition) is 2. The van der Waals surface area contributed by atoms with Crippen LogP contribution in [0.1, 0.15) is 70.6 Å². The fourth-order valence-electron chi connectivity index (χ4n) is 3.61. The summed E-state index contributed by atoms with van der Waals surface area (Å²) in [6.07, 6.45) is 15.4. The fraction of sp³-hybridized carbons (Fsp3) is 1.00. The molecule has 0 radical (unpaired) electrons. The average molecular weight is 381 g/mol. The van der Waals surface area contributed by atoms with E-state index in [9.17, 15) is 0 Å². The van der Waals surface area contributed by atoms with Crippen LogP contribution in [0.15, 0.2) is 0 Å². The smallest absolute Gasteiger partial charge is 0.0876 e. The molecule has 21 heavy (non-hydrogen) atoms. The Kier molecular flexibility index (Phi) is 14.9. The number of rotatable bonds is 12. The summed E-state index contributed by atoms with van der Waals surface area (Å²) in [7, 11) is 0. The molecule has 1 rings (SSSR count). The van der Waals surface area contributed by atoms with Gasteiger partial charge in [0.2, 0.25) is 0 Å². The molecule has 4 heteroatoms. The van der Waals surface area contributed by atoms with E-state index in [0.29, 0.717) is 0 Å². The van der Waals surface area contributed by atoms with Gasteiger partial charge in [-0.25, -0.2) is 0 Å². The van der Waals surface area contributed by atoms with Crippen molar-refractivity contribution in [2.24, 2.45) is 5.73 Å². The standard InChI is InChI=1S/C17H36N2S.BrH/c18-12-8-5-3-1-2-4-6-9-13-19(16-17-20)14-10-7-11-15-19;/h1-18H2;1H. The van der Waals surface area contributed by atoms with E-state index >= 15 is 0 Å². The van der Waals surface area contributed by atoms with Crippen LogP contribution >= 0.6 is 12.6 Å². The molecular formula is C17H37BrN2S. The van der Waals surface area contributed by atoms with Crippen molar-refractivity contribution in [3.05, 3.63) is 0 Å². The molecule has 0 amide bonds. The first-order chi connectivity index (χ1) is 9.83. The van der Waals surface area contributed by atoms with Gasteiger partial charge in [0, 0.05) is 5.75 Å². The Morgan fingerprint density at radius 3 is 1.76 bits per heavy atom. The number of halogens is 1. The van der Waals surface area contributed by atoms with Gasteiger partial charge in [-0.3, -0.25) is 0 Å². The van der Waals surface area contributed by atoms with Crippen LogP contribution in [0.2, 0.25) is 0 Å². The summed E-state index contributed by atoms with van der Waals surface area (Å²) in [5.74, 6) is 1.06. The summed E-state index contributed by atoms with van der Waals surface area (Å²) >= 11 is 4.48. The van der Waals surface area contributed by atoms with Crippen LogP contribution in [0, 0.1) is 0 Å². The topological polar surface area (TPSA) is 26.0 Å². The van der Waals surface area contributed by atoms with Crippen molar-refractivity contribution >= 4 is 12.6 Å². The average Bonchev–Trinajstić information content (AvgIpc) is 2.47. The van der Waals surface area contributed by atoms with Gasteiger partial charge in [0.1, 0.15) is 0 Å². The lowest BCUT2D eigenvalue weighted by Crippen LogP contribution is -3.00. The summed E-state index contributed by atoms with van der Waals surface area (Å²) in [4.78, 5) is 0. The second-order valence-corrected chi connectivity index (χ2v) is 7.08. The minimum Gasteiger partial charge on any atom is -1.00 e.